The lowest BCUT2D eigenvalue weighted by atomic mass is 10.2. The lowest BCUT2D eigenvalue weighted by molar-refractivity contribution is 1.30. The molecular weight excluding hydrogens is 172 g/mol. The first-order valence-corrected chi connectivity index (χ1v) is 7.32. The molecule has 0 heterocycles. The highest BCUT2D eigenvalue weighted by Gasteiger charge is 2.11. The number of hydrogen-bond donors (Lipinski definition) is 0. The van der Waals surface area contributed by atoms with Crippen LogP contribution >= 0.6 is 11.6 Å². The van der Waals surface area contributed by atoms with Crippen molar-refractivity contribution in [3.05, 3.63) is 35.9 Å². The van der Waals surface area contributed by atoms with Gasteiger partial charge in [0.25, 0.3) is 0 Å². The predicted octanol–water partition coefficient (Wildman–Crippen LogP) is 2.99. The molecule has 1 aromatic rings. The van der Waals surface area contributed by atoms with Crippen molar-refractivity contribution in [3.63, 3.8) is 0 Å². The summed E-state index contributed by atoms with van der Waals surface area (Å²) in [7, 11) is -0.726. The summed E-state index contributed by atoms with van der Waals surface area (Å²) in [5.74, 6) is 0. The van der Waals surface area contributed by atoms with E-state index in [-0.39, 0.29) is 5.00 Å². The highest BCUT2D eigenvalue weighted by atomic mass is 35.5. The van der Waals surface area contributed by atoms with Crippen molar-refractivity contribution in [3.8, 4) is 0 Å². The zero-order chi connectivity index (χ0) is 8.27. The molecular formula is C9H13ClSi. The van der Waals surface area contributed by atoms with Gasteiger partial charge in [-0.05, 0) is 5.56 Å². The van der Waals surface area contributed by atoms with Crippen molar-refractivity contribution in [2.24, 2.45) is 0 Å². The van der Waals surface area contributed by atoms with Crippen molar-refractivity contribution in [1.29, 1.82) is 0 Å². The third-order valence-corrected chi connectivity index (χ3v) is 5.02. The Balaban J connectivity index is 2.77. The van der Waals surface area contributed by atoms with Gasteiger partial charge in [-0.25, -0.2) is 0 Å². The van der Waals surface area contributed by atoms with Gasteiger partial charge >= 0.3 is 0 Å². The zero-order valence-corrected chi connectivity index (χ0v) is 8.83. The molecule has 1 atom stereocenters. The highest BCUT2D eigenvalue weighted by molar-refractivity contribution is 6.66. The van der Waals surface area contributed by atoms with Gasteiger partial charge < -0.3 is 0 Å². The molecule has 1 aromatic carbocycles. The summed E-state index contributed by atoms with van der Waals surface area (Å²) in [5.41, 5.74) is 1.27. The van der Waals surface area contributed by atoms with Crippen LogP contribution in [0, 0.1) is 0 Å². The minimum absolute atomic E-state index is 0.288. The number of rotatable bonds is 2. The fraction of sp³-hybridized carbons (Fsp3) is 0.333. The van der Waals surface area contributed by atoms with E-state index in [0.29, 0.717) is 0 Å². The normalized spacial score (nSPS) is 13.5. The minimum Gasteiger partial charge on any atom is -0.122 e. The molecule has 0 saturated carbocycles. The summed E-state index contributed by atoms with van der Waals surface area (Å²) in [6.45, 7) is 4.54. The monoisotopic (exact) mass is 184 g/mol. The molecule has 0 saturated heterocycles. The second-order valence-electron chi connectivity index (χ2n) is 3.06. The summed E-state index contributed by atoms with van der Waals surface area (Å²) >= 11 is 6.20. The van der Waals surface area contributed by atoms with Gasteiger partial charge in [-0.15, -0.1) is 11.6 Å². The molecule has 1 unspecified atom stereocenters. The standard InChI is InChI=1S/C9H13ClSi/c1-11(2)9(10)8-6-4-3-5-7-8/h3-7,9,11H,1-2H3. The van der Waals surface area contributed by atoms with E-state index in [1.165, 1.54) is 5.56 Å². The van der Waals surface area contributed by atoms with Crippen molar-refractivity contribution in [2.45, 2.75) is 18.1 Å². The van der Waals surface area contributed by atoms with Crippen LogP contribution in [0.2, 0.25) is 13.1 Å². The Morgan fingerprint density at radius 3 is 2.18 bits per heavy atom. The molecule has 0 aliphatic carbocycles. The second-order valence-corrected chi connectivity index (χ2v) is 7.10. The smallest absolute Gasteiger partial charge is 0.0575 e. The van der Waals surface area contributed by atoms with Crippen LogP contribution in [0.1, 0.15) is 10.6 Å². The largest absolute Gasteiger partial charge is 0.122 e. The lowest BCUT2D eigenvalue weighted by Gasteiger charge is -2.11. The van der Waals surface area contributed by atoms with Crippen LogP contribution in [0.3, 0.4) is 0 Å². The number of alkyl halides is 1. The van der Waals surface area contributed by atoms with E-state index in [2.05, 4.69) is 25.2 Å². The van der Waals surface area contributed by atoms with Crippen LogP contribution in [-0.2, 0) is 0 Å². The molecule has 0 aliphatic rings. The van der Waals surface area contributed by atoms with Crippen molar-refractivity contribution >= 4 is 20.4 Å². The van der Waals surface area contributed by atoms with Crippen LogP contribution < -0.4 is 0 Å². The summed E-state index contributed by atoms with van der Waals surface area (Å²) < 4.78 is 0. The summed E-state index contributed by atoms with van der Waals surface area (Å²) in [6.07, 6.45) is 0. The van der Waals surface area contributed by atoms with Crippen molar-refractivity contribution in [1.82, 2.24) is 0 Å². The van der Waals surface area contributed by atoms with E-state index in [0.717, 1.165) is 0 Å². The maximum absolute atomic E-state index is 6.20. The summed E-state index contributed by atoms with van der Waals surface area (Å²) in [6, 6.07) is 10.3. The van der Waals surface area contributed by atoms with Crippen LogP contribution in [0.4, 0.5) is 0 Å². The number of halogens is 1. The van der Waals surface area contributed by atoms with E-state index in [1.807, 2.05) is 18.2 Å². The maximum atomic E-state index is 6.20. The first-order chi connectivity index (χ1) is 5.22. The quantitative estimate of drug-likeness (QED) is 0.490. The minimum atomic E-state index is -0.726. The third-order valence-electron chi connectivity index (χ3n) is 1.70. The Labute approximate surface area is 74.8 Å². The Kier molecular flexibility index (Phi) is 3.15. The highest BCUT2D eigenvalue weighted by Crippen LogP contribution is 2.22. The maximum Gasteiger partial charge on any atom is 0.0575 e. The Morgan fingerprint density at radius 1 is 1.18 bits per heavy atom. The molecule has 0 aromatic heterocycles. The Bertz CT molecular complexity index is 208. The lowest BCUT2D eigenvalue weighted by Crippen LogP contribution is -2.09. The average molecular weight is 185 g/mol. The Morgan fingerprint density at radius 2 is 1.73 bits per heavy atom. The first kappa shape index (κ1) is 8.82. The van der Waals surface area contributed by atoms with Gasteiger partial charge in [0, 0.05) is 5.00 Å². The SMILES string of the molecule is C[SiH](C)C(Cl)c1ccccc1. The van der Waals surface area contributed by atoms with Gasteiger partial charge in [-0.1, -0.05) is 43.4 Å². The van der Waals surface area contributed by atoms with Gasteiger partial charge in [-0.3, -0.25) is 0 Å². The van der Waals surface area contributed by atoms with E-state index in [1.54, 1.807) is 0 Å². The van der Waals surface area contributed by atoms with Crippen LogP contribution in [-0.4, -0.2) is 8.80 Å². The Hall–Kier alpha value is -0.273. The fourth-order valence-electron chi connectivity index (χ4n) is 1.02. The molecule has 1 rings (SSSR count). The third kappa shape index (κ3) is 2.35. The number of benzene rings is 1. The summed E-state index contributed by atoms with van der Waals surface area (Å²) in [5, 5.41) is 0.288. The molecule has 0 amide bonds. The fourth-order valence-corrected chi connectivity index (χ4v) is 2.16. The van der Waals surface area contributed by atoms with Crippen LogP contribution in [0.5, 0.6) is 0 Å². The number of hydrogen-bond acceptors (Lipinski definition) is 0. The van der Waals surface area contributed by atoms with Crippen LogP contribution in [0.25, 0.3) is 0 Å². The first-order valence-electron chi connectivity index (χ1n) is 3.91. The van der Waals surface area contributed by atoms with E-state index in [4.69, 9.17) is 11.6 Å². The molecule has 11 heavy (non-hydrogen) atoms. The zero-order valence-electron chi connectivity index (χ0n) is 6.92. The van der Waals surface area contributed by atoms with Crippen molar-refractivity contribution in [2.75, 3.05) is 0 Å². The summed E-state index contributed by atoms with van der Waals surface area (Å²) in [4.78, 5) is 0. The van der Waals surface area contributed by atoms with Gasteiger partial charge in [0.05, 0.1) is 8.80 Å². The molecule has 0 N–H and O–H groups in total. The topological polar surface area (TPSA) is 0 Å². The molecule has 0 aliphatic heterocycles. The molecule has 0 radical (unpaired) electrons. The molecule has 0 nitrogen and oxygen atoms in total. The van der Waals surface area contributed by atoms with Gasteiger partial charge in [0.1, 0.15) is 0 Å². The van der Waals surface area contributed by atoms with E-state index >= 15 is 0 Å². The average Bonchev–Trinajstić information content (AvgIpc) is 2.05. The van der Waals surface area contributed by atoms with E-state index in [9.17, 15) is 0 Å². The molecule has 0 spiro atoms. The van der Waals surface area contributed by atoms with Gasteiger partial charge in [0.2, 0.25) is 0 Å². The predicted molar refractivity (Wildman–Crippen MR) is 53.9 cm³/mol. The van der Waals surface area contributed by atoms with Crippen molar-refractivity contribution < 1.29 is 0 Å². The van der Waals surface area contributed by atoms with Gasteiger partial charge in [0.15, 0.2) is 0 Å². The second kappa shape index (κ2) is 3.93. The molecule has 0 bridgehead atoms. The van der Waals surface area contributed by atoms with Crippen LogP contribution in [0.15, 0.2) is 30.3 Å². The molecule has 2 heteroatoms. The molecule has 60 valence electrons. The van der Waals surface area contributed by atoms with Gasteiger partial charge in [-0.2, -0.15) is 0 Å². The molecule has 0 fully saturated rings. The van der Waals surface area contributed by atoms with E-state index < -0.39 is 8.80 Å².